The molecule has 2 aliphatic rings. The van der Waals surface area contributed by atoms with Crippen molar-refractivity contribution in [1.29, 1.82) is 0 Å². The average Bonchev–Trinajstić information content (AvgIpc) is 3.28. The van der Waals surface area contributed by atoms with Crippen molar-refractivity contribution < 1.29 is 14.6 Å². The van der Waals surface area contributed by atoms with Crippen molar-refractivity contribution in [2.75, 3.05) is 20.2 Å². The first-order chi connectivity index (χ1) is 10.6. The highest BCUT2D eigenvalue weighted by Gasteiger charge is 2.46. The van der Waals surface area contributed by atoms with Gasteiger partial charge in [0.25, 0.3) is 0 Å². The van der Waals surface area contributed by atoms with Crippen LogP contribution in [0.5, 0.6) is 5.75 Å². The van der Waals surface area contributed by atoms with Crippen molar-refractivity contribution >= 4 is 5.97 Å². The fourth-order valence-electron chi connectivity index (χ4n) is 3.60. The molecule has 0 unspecified atom stereocenters. The Kier molecular flexibility index (Phi) is 4.39. The molecule has 0 aromatic heterocycles. The molecule has 0 radical (unpaired) electrons. The number of benzene rings is 1. The molecule has 0 amide bonds. The molecule has 1 N–H and O–H groups in total. The maximum absolute atomic E-state index is 11.1. The van der Waals surface area contributed by atoms with Gasteiger partial charge in [0.2, 0.25) is 0 Å². The Bertz CT molecular complexity index is 545. The quantitative estimate of drug-likeness (QED) is 0.877. The lowest BCUT2D eigenvalue weighted by atomic mass is 9.90. The number of methoxy groups -OCH3 is 1. The molecule has 1 heterocycles. The molecular formula is C18H25NO3. The molecule has 0 spiro atoms. The summed E-state index contributed by atoms with van der Waals surface area (Å²) in [7, 11) is 1.71. The normalized spacial score (nSPS) is 20.6. The molecule has 2 fully saturated rings. The minimum absolute atomic E-state index is 0.130. The SMILES string of the molecule is COc1ccc(C2(CC(=O)O)CC2)cc1CN1CCCCC1. The van der Waals surface area contributed by atoms with E-state index in [2.05, 4.69) is 17.0 Å². The second-order valence-corrected chi connectivity index (χ2v) is 6.71. The van der Waals surface area contributed by atoms with Gasteiger partial charge >= 0.3 is 5.97 Å². The summed E-state index contributed by atoms with van der Waals surface area (Å²) in [5, 5.41) is 9.15. The highest BCUT2D eigenvalue weighted by Crippen LogP contribution is 2.51. The largest absolute Gasteiger partial charge is 0.496 e. The zero-order valence-corrected chi connectivity index (χ0v) is 13.3. The van der Waals surface area contributed by atoms with E-state index in [0.717, 1.165) is 38.2 Å². The van der Waals surface area contributed by atoms with Crippen LogP contribution >= 0.6 is 0 Å². The number of hydrogen-bond donors (Lipinski definition) is 1. The van der Waals surface area contributed by atoms with E-state index in [9.17, 15) is 4.79 Å². The monoisotopic (exact) mass is 303 g/mol. The zero-order valence-electron chi connectivity index (χ0n) is 13.3. The fraction of sp³-hybridized carbons (Fsp3) is 0.611. The summed E-state index contributed by atoms with van der Waals surface area (Å²) in [6.07, 6.45) is 6.07. The fourth-order valence-corrected chi connectivity index (χ4v) is 3.60. The minimum atomic E-state index is -0.703. The summed E-state index contributed by atoms with van der Waals surface area (Å²) in [4.78, 5) is 13.6. The van der Waals surface area contributed by atoms with E-state index in [1.54, 1.807) is 7.11 Å². The Morgan fingerprint density at radius 3 is 2.59 bits per heavy atom. The Balaban J connectivity index is 1.81. The molecule has 1 aromatic carbocycles. The highest BCUT2D eigenvalue weighted by atomic mass is 16.5. The highest BCUT2D eigenvalue weighted by molar-refractivity contribution is 5.70. The Hall–Kier alpha value is -1.55. The van der Waals surface area contributed by atoms with Gasteiger partial charge in [0.15, 0.2) is 0 Å². The molecule has 1 aliphatic carbocycles. The third-order valence-corrected chi connectivity index (χ3v) is 5.08. The van der Waals surface area contributed by atoms with Crippen molar-refractivity contribution in [2.45, 2.75) is 50.5 Å². The first kappa shape index (κ1) is 15.3. The van der Waals surface area contributed by atoms with E-state index in [1.807, 2.05) is 6.07 Å². The van der Waals surface area contributed by atoms with E-state index < -0.39 is 5.97 Å². The third kappa shape index (κ3) is 3.27. The van der Waals surface area contributed by atoms with Gasteiger partial charge in [-0.25, -0.2) is 0 Å². The summed E-state index contributed by atoms with van der Waals surface area (Å²) in [6, 6.07) is 6.24. The number of rotatable bonds is 6. The average molecular weight is 303 g/mol. The van der Waals surface area contributed by atoms with Crippen LogP contribution in [0.3, 0.4) is 0 Å². The summed E-state index contributed by atoms with van der Waals surface area (Å²) >= 11 is 0. The molecule has 120 valence electrons. The molecule has 1 aromatic rings. The van der Waals surface area contributed by atoms with Crippen molar-refractivity contribution in [1.82, 2.24) is 4.90 Å². The van der Waals surface area contributed by atoms with Gasteiger partial charge in [0, 0.05) is 17.5 Å². The van der Waals surface area contributed by atoms with Crippen LogP contribution in [0, 0.1) is 0 Å². The van der Waals surface area contributed by atoms with Crippen molar-refractivity contribution in [3.63, 3.8) is 0 Å². The molecule has 22 heavy (non-hydrogen) atoms. The Labute approximate surface area is 132 Å². The third-order valence-electron chi connectivity index (χ3n) is 5.08. The lowest BCUT2D eigenvalue weighted by Gasteiger charge is -2.27. The van der Waals surface area contributed by atoms with Gasteiger partial charge in [-0.2, -0.15) is 0 Å². The number of aliphatic carboxylic acids is 1. The molecule has 0 atom stereocenters. The van der Waals surface area contributed by atoms with Crippen molar-refractivity contribution in [2.24, 2.45) is 0 Å². The van der Waals surface area contributed by atoms with Gasteiger partial charge in [-0.3, -0.25) is 9.69 Å². The van der Waals surface area contributed by atoms with Crippen LogP contribution in [-0.4, -0.2) is 36.2 Å². The maximum Gasteiger partial charge on any atom is 0.304 e. The summed E-state index contributed by atoms with van der Waals surface area (Å²) < 4.78 is 5.51. The molecule has 3 rings (SSSR count). The van der Waals surface area contributed by atoms with Crippen LogP contribution in [0.2, 0.25) is 0 Å². The number of carboxylic acids is 1. The predicted molar refractivity (Wildman–Crippen MR) is 85.3 cm³/mol. The predicted octanol–water partition coefficient (Wildman–Crippen LogP) is 3.19. The van der Waals surface area contributed by atoms with E-state index in [4.69, 9.17) is 9.84 Å². The van der Waals surface area contributed by atoms with Gasteiger partial charge < -0.3 is 9.84 Å². The van der Waals surface area contributed by atoms with E-state index in [-0.39, 0.29) is 11.8 Å². The Morgan fingerprint density at radius 2 is 2.00 bits per heavy atom. The molecular weight excluding hydrogens is 278 g/mol. The Morgan fingerprint density at radius 1 is 1.27 bits per heavy atom. The summed E-state index contributed by atoms with van der Waals surface area (Å²) in [6.45, 7) is 3.20. The van der Waals surface area contributed by atoms with Crippen LogP contribution in [0.25, 0.3) is 0 Å². The molecule has 4 heteroatoms. The first-order valence-electron chi connectivity index (χ1n) is 8.24. The summed E-state index contributed by atoms with van der Waals surface area (Å²) in [5.41, 5.74) is 2.23. The zero-order chi connectivity index (χ0) is 15.6. The topological polar surface area (TPSA) is 49.8 Å². The number of carboxylic acid groups (broad SMARTS) is 1. The van der Waals surface area contributed by atoms with E-state index >= 15 is 0 Å². The lowest BCUT2D eigenvalue weighted by Crippen LogP contribution is -2.29. The van der Waals surface area contributed by atoms with Crippen LogP contribution in [0.4, 0.5) is 0 Å². The van der Waals surface area contributed by atoms with Crippen molar-refractivity contribution in [3.05, 3.63) is 29.3 Å². The number of hydrogen-bond acceptors (Lipinski definition) is 3. The molecule has 1 saturated heterocycles. The van der Waals surface area contributed by atoms with Gasteiger partial charge in [-0.05, 0) is 50.4 Å². The molecule has 0 bridgehead atoms. The second kappa shape index (κ2) is 6.29. The van der Waals surface area contributed by atoms with E-state index in [1.165, 1.54) is 30.4 Å². The van der Waals surface area contributed by atoms with Crippen LogP contribution in [0.15, 0.2) is 18.2 Å². The lowest BCUT2D eigenvalue weighted by molar-refractivity contribution is -0.137. The second-order valence-electron chi connectivity index (χ2n) is 6.71. The molecule has 1 aliphatic heterocycles. The van der Waals surface area contributed by atoms with Gasteiger partial charge in [-0.1, -0.05) is 18.6 Å². The number of carbonyl (C=O) groups is 1. The van der Waals surface area contributed by atoms with Gasteiger partial charge in [0.1, 0.15) is 5.75 Å². The maximum atomic E-state index is 11.1. The van der Waals surface area contributed by atoms with Crippen molar-refractivity contribution in [3.8, 4) is 5.75 Å². The minimum Gasteiger partial charge on any atom is -0.496 e. The van der Waals surface area contributed by atoms with E-state index in [0.29, 0.717) is 0 Å². The van der Waals surface area contributed by atoms with Crippen LogP contribution in [0.1, 0.15) is 49.7 Å². The number of piperidine rings is 1. The smallest absolute Gasteiger partial charge is 0.304 e. The number of nitrogens with zero attached hydrogens (tertiary/aromatic N) is 1. The number of ether oxygens (including phenoxy) is 1. The van der Waals surface area contributed by atoms with Gasteiger partial charge in [-0.15, -0.1) is 0 Å². The summed E-state index contributed by atoms with van der Waals surface area (Å²) in [5.74, 6) is 0.214. The standard InChI is InChI=1S/C18H25NO3/c1-22-16-6-5-15(18(7-8-18)12-17(20)21)11-14(16)13-19-9-3-2-4-10-19/h5-6,11H,2-4,7-10,12-13H2,1H3,(H,20,21). The number of likely N-dealkylation sites (tertiary alicyclic amines) is 1. The van der Waals surface area contributed by atoms with Gasteiger partial charge in [0.05, 0.1) is 13.5 Å². The molecule has 4 nitrogen and oxygen atoms in total. The van der Waals surface area contributed by atoms with Crippen LogP contribution in [-0.2, 0) is 16.8 Å². The first-order valence-corrected chi connectivity index (χ1v) is 8.24. The van der Waals surface area contributed by atoms with Crippen LogP contribution < -0.4 is 4.74 Å². The molecule has 1 saturated carbocycles.